The summed E-state index contributed by atoms with van der Waals surface area (Å²) in [5.41, 5.74) is 5.78. The monoisotopic (exact) mass is 571 g/mol. The van der Waals surface area contributed by atoms with Crippen molar-refractivity contribution in [1.82, 2.24) is 21.3 Å². The molecule has 40 heavy (non-hydrogen) atoms. The van der Waals surface area contributed by atoms with E-state index in [2.05, 4.69) is 21.3 Å². The molecule has 8 N–H and O–H groups in total. The number of nitrogens with one attached hydrogen (secondary N) is 4. The minimum Gasteiger partial charge on any atom is -0.481 e. The predicted molar refractivity (Wildman–Crippen MR) is 149 cm³/mol. The molecule has 0 heterocycles. The number of carbonyl (C=O) groups excluding carboxylic acids is 4. The van der Waals surface area contributed by atoms with Crippen LogP contribution in [0.4, 0.5) is 0 Å². The molecule has 0 aliphatic heterocycles. The molecule has 0 aliphatic rings. The topological polar surface area (TPSA) is 217 Å². The van der Waals surface area contributed by atoms with Gasteiger partial charge in [0.05, 0.1) is 6.04 Å². The Labute approximate surface area is 236 Å². The van der Waals surface area contributed by atoms with Gasteiger partial charge in [0.25, 0.3) is 0 Å². The third kappa shape index (κ3) is 12.8. The predicted octanol–water partition coefficient (Wildman–Crippen LogP) is 0.607. The highest BCUT2D eigenvalue weighted by Gasteiger charge is 2.35. The van der Waals surface area contributed by atoms with E-state index in [4.69, 9.17) is 10.8 Å². The molecule has 4 amide bonds. The van der Waals surface area contributed by atoms with E-state index in [1.54, 1.807) is 34.6 Å². The summed E-state index contributed by atoms with van der Waals surface area (Å²) < 4.78 is 0. The molecule has 0 bridgehead atoms. The average molecular weight is 572 g/mol. The zero-order chi connectivity index (χ0) is 31.3. The Morgan fingerprint density at radius 2 is 1.15 bits per heavy atom. The molecule has 0 spiro atoms. The lowest BCUT2D eigenvalue weighted by Gasteiger charge is -2.30. The van der Waals surface area contributed by atoms with Crippen molar-refractivity contribution in [2.24, 2.45) is 29.4 Å². The van der Waals surface area contributed by atoms with E-state index in [0.29, 0.717) is 6.42 Å². The summed E-state index contributed by atoms with van der Waals surface area (Å²) in [5, 5.41) is 28.7. The zero-order valence-corrected chi connectivity index (χ0v) is 24.9. The third-order valence-electron chi connectivity index (χ3n) is 6.62. The van der Waals surface area contributed by atoms with E-state index < -0.39 is 65.8 Å². The maximum atomic E-state index is 13.4. The van der Waals surface area contributed by atoms with Gasteiger partial charge in [-0.25, -0.2) is 4.79 Å². The van der Waals surface area contributed by atoms with E-state index in [1.807, 2.05) is 20.8 Å². The Morgan fingerprint density at radius 1 is 0.675 bits per heavy atom. The molecule has 0 rings (SSSR count). The Balaban J connectivity index is 5.80. The van der Waals surface area contributed by atoms with Crippen molar-refractivity contribution in [2.75, 3.05) is 0 Å². The van der Waals surface area contributed by atoms with Crippen LogP contribution in [0.3, 0.4) is 0 Å². The second-order valence-electron chi connectivity index (χ2n) is 11.4. The summed E-state index contributed by atoms with van der Waals surface area (Å²) in [7, 11) is 0. The quantitative estimate of drug-likeness (QED) is 0.122. The van der Waals surface area contributed by atoms with Crippen LogP contribution in [0, 0.1) is 23.7 Å². The van der Waals surface area contributed by atoms with Crippen molar-refractivity contribution in [3.8, 4) is 0 Å². The molecule has 13 heteroatoms. The SMILES string of the molecule is CC[C@H](C)[C@H](NC(=O)[C@H](CC(C)C)NC(=O)[C@@H](NC(=O)[C@@H](N)CCC(=O)O)C(C)C)C(=O)N[C@H](C(=O)O)C(C)C. The standard InChI is InChI=1S/C27H49N5O8/c1-9-16(8)22(26(38)31-21(15(6)7)27(39)40)32-24(36)18(12-13(2)3)29-25(37)20(14(4)5)30-23(35)17(28)10-11-19(33)34/h13-18,20-22H,9-12,28H2,1-8H3,(H,29,37)(H,30,35)(H,31,38)(H,32,36)(H,33,34)(H,39,40)/t16-,17-,18-,20-,21-,22-/m0/s1. The highest BCUT2D eigenvalue weighted by Crippen LogP contribution is 2.13. The van der Waals surface area contributed by atoms with Gasteiger partial charge in [-0.2, -0.15) is 0 Å². The van der Waals surface area contributed by atoms with Crippen LogP contribution < -0.4 is 27.0 Å². The summed E-state index contributed by atoms with van der Waals surface area (Å²) in [6.07, 6.45) is 0.333. The number of rotatable bonds is 18. The van der Waals surface area contributed by atoms with Gasteiger partial charge in [-0.15, -0.1) is 0 Å². The van der Waals surface area contributed by atoms with Crippen molar-refractivity contribution in [3.63, 3.8) is 0 Å². The summed E-state index contributed by atoms with van der Waals surface area (Å²) >= 11 is 0. The smallest absolute Gasteiger partial charge is 0.326 e. The Hall–Kier alpha value is -3.22. The molecule has 0 aromatic rings. The highest BCUT2D eigenvalue weighted by atomic mass is 16.4. The number of hydrogen-bond donors (Lipinski definition) is 7. The molecule has 0 radical (unpaired) electrons. The number of nitrogens with two attached hydrogens (primary N) is 1. The van der Waals surface area contributed by atoms with Gasteiger partial charge in [-0.3, -0.25) is 24.0 Å². The lowest BCUT2D eigenvalue weighted by Crippen LogP contribution is -2.60. The van der Waals surface area contributed by atoms with Gasteiger partial charge in [0.2, 0.25) is 23.6 Å². The van der Waals surface area contributed by atoms with Crippen molar-refractivity contribution in [3.05, 3.63) is 0 Å². The largest absolute Gasteiger partial charge is 0.481 e. The van der Waals surface area contributed by atoms with E-state index in [1.165, 1.54) is 0 Å². The summed E-state index contributed by atoms with van der Waals surface area (Å²) in [6, 6.07) is -5.42. The normalized spacial score (nSPS) is 15.9. The zero-order valence-electron chi connectivity index (χ0n) is 24.9. The molecule has 0 saturated carbocycles. The maximum Gasteiger partial charge on any atom is 0.326 e. The second kappa shape index (κ2) is 17.5. The van der Waals surface area contributed by atoms with Crippen molar-refractivity contribution in [2.45, 2.75) is 111 Å². The van der Waals surface area contributed by atoms with Gasteiger partial charge in [0, 0.05) is 6.42 Å². The first-order valence-electron chi connectivity index (χ1n) is 13.8. The lowest BCUT2D eigenvalue weighted by atomic mass is 9.95. The number of amides is 4. The minimum atomic E-state index is -1.19. The number of hydrogen-bond acceptors (Lipinski definition) is 7. The van der Waals surface area contributed by atoms with Gasteiger partial charge in [0.1, 0.15) is 24.2 Å². The molecule has 0 aliphatic carbocycles. The van der Waals surface area contributed by atoms with Crippen molar-refractivity contribution >= 4 is 35.6 Å². The van der Waals surface area contributed by atoms with Crippen LogP contribution in [0.1, 0.15) is 81.1 Å². The number of carboxylic acids is 2. The summed E-state index contributed by atoms with van der Waals surface area (Å²) in [4.78, 5) is 74.6. The lowest BCUT2D eigenvalue weighted by molar-refractivity contribution is -0.144. The Bertz CT molecular complexity index is 892. The number of aliphatic carboxylic acids is 2. The fourth-order valence-electron chi connectivity index (χ4n) is 3.88. The van der Waals surface area contributed by atoms with E-state index in [0.717, 1.165) is 0 Å². The molecule has 0 unspecified atom stereocenters. The molecule has 13 nitrogen and oxygen atoms in total. The highest BCUT2D eigenvalue weighted by molar-refractivity contribution is 5.95. The first kappa shape index (κ1) is 36.8. The molecule has 0 saturated heterocycles. The van der Waals surface area contributed by atoms with Gasteiger partial charge < -0.3 is 37.2 Å². The Kier molecular flexibility index (Phi) is 16.1. The molecule has 0 fully saturated rings. The molecular formula is C27H49N5O8. The molecular weight excluding hydrogens is 522 g/mol. The van der Waals surface area contributed by atoms with E-state index in [-0.39, 0.29) is 42.9 Å². The Morgan fingerprint density at radius 3 is 1.57 bits per heavy atom. The molecule has 6 atom stereocenters. The van der Waals surface area contributed by atoms with Crippen LogP contribution in [0.15, 0.2) is 0 Å². The van der Waals surface area contributed by atoms with Crippen LogP contribution in [0.5, 0.6) is 0 Å². The average Bonchev–Trinajstić information content (AvgIpc) is 2.84. The molecule has 230 valence electrons. The molecule has 0 aromatic heterocycles. The second-order valence-corrected chi connectivity index (χ2v) is 11.4. The van der Waals surface area contributed by atoms with Crippen LogP contribution in [-0.4, -0.2) is 76.0 Å². The summed E-state index contributed by atoms with van der Waals surface area (Å²) in [5.74, 6) is -6.01. The van der Waals surface area contributed by atoms with E-state index >= 15 is 0 Å². The van der Waals surface area contributed by atoms with Crippen LogP contribution in [-0.2, 0) is 28.8 Å². The number of carbonyl (C=O) groups is 6. The number of carboxylic acid groups (broad SMARTS) is 2. The van der Waals surface area contributed by atoms with Gasteiger partial charge in [-0.1, -0.05) is 61.8 Å². The van der Waals surface area contributed by atoms with Crippen LogP contribution >= 0.6 is 0 Å². The van der Waals surface area contributed by atoms with Crippen molar-refractivity contribution < 1.29 is 39.0 Å². The molecule has 0 aromatic carbocycles. The first-order valence-corrected chi connectivity index (χ1v) is 13.8. The minimum absolute atomic E-state index is 0.0270. The third-order valence-corrected chi connectivity index (χ3v) is 6.62. The maximum absolute atomic E-state index is 13.4. The fourth-order valence-corrected chi connectivity index (χ4v) is 3.88. The van der Waals surface area contributed by atoms with Crippen LogP contribution in [0.25, 0.3) is 0 Å². The van der Waals surface area contributed by atoms with Crippen molar-refractivity contribution in [1.29, 1.82) is 0 Å². The van der Waals surface area contributed by atoms with Gasteiger partial charge in [0.15, 0.2) is 0 Å². The van der Waals surface area contributed by atoms with Crippen LogP contribution in [0.2, 0.25) is 0 Å². The van der Waals surface area contributed by atoms with E-state index in [9.17, 15) is 33.9 Å². The fraction of sp³-hybridized carbons (Fsp3) is 0.778. The van der Waals surface area contributed by atoms with Gasteiger partial charge in [-0.05, 0) is 36.5 Å². The van der Waals surface area contributed by atoms with Gasteiger partial charge >= 0.3 is 11.9 Å². The summed E-state index contributed by atoms with van der Waals surface area (Å²) in [6.45, 7) is 14.0. The first-order chi connectivity index (χ1) is 18.4.